The van der Waals surface area contributed by atoms with Crippen LogP contribution in [0.25, 0.3) is 0 Å². The number of hydrogen-bond donors (Lipinski definition) is 5. The lowest BCUT2D eigenvalue weighted by molar-refractivity contribution is -0.129. The van der Waals surface area contributed by atoms with Gasteiger partial charge in [0.1, 0.15) is 11.5 Å². The molecule has 8 nitrogen and oxygen atoms in total. The summed E-state index contributed by atoms with van der Waals surface area (Å²) >= 11 is 0. The molecule has 0 fully saturated rings. The number of aliphatic hydroxyl groups is 1. The zero-order valence-corrected chi connectivity index (χ0v) is 7.13. The van der Waals surface area contributed by atoms with Gasteiger partial charge in [-0.15, -0.1) is 4.91 Å². The van der Waals surface area contributed by atoms with Crippen LogP contribution in [0.4, 0.5) is 0 Å². The average Bonchev–Trinajstić information content (AvgIpc) is 2.18. The molecule has 0 aromatic carbocycles. The third-order valence-corrected chi connectivity index (χ3v) is 1.92. The summed E-state index contributed by atoms with van der Waals surface area (Å²) in [5.74, 6) is -2.56. The second-order valence-electron chi connectivity index (χ2n) is 2.95. The fourth-order valence-corrected chi connectivity index (χ4v) is 1.32. The Morgan fingerprint density at radius 2 is 2.00 bits per heavy atom. The second kappa shape index (κ2) is 2.84. The SMILES string of the molecule is O=NC1(O)NC(=O)C2=C(NCCN2)N1. The standard InChI is InChI=1S/C6H9N5O3/c12-5-3-4(8-2-1-7-3)9-6(13,10-5)11-14/h7-9,13H,1-2H2,(H,10,12). The molecule has 5 N–H and O–H groups in total. The molecule has 0 aromatic heterocycles. The Kier molecular flexibility index (Phi) is 1.78. The van der Waals surface area contributed by atoms with Crippen molar-refractivity contribution in [2.24, 2.45) is 5.18 Å². The topological polar surface area (TPSA) is 115 Å². The molecule has 14 heavy (non-hydrogen) atoms. The molecule has 2 rings (SSSR count). The van der Waals surface area contributed by atoms with Crippen LogP contribution in [-0.2, 0) is 4.79 Å². The summed E-state index contributed by atoms with van der Waals surface area (Å²) in [6.07, 6.45) is 0. The van der Waals surface area contributed by atoms with E-state index in [1.54, 1.807) is 0 Å². The van der Waals surface area contributed by atoms with Crippen LogP contribution in [0, 0.1) is 4.91 Å². The van der Waals surface area contributed by atoms with Crippen molar-refractivity contribution in [3.63, 3.8) is 0 Å². The fraction of sp³-hybridized carbons (Fsp3) is 0.500. The van der Waals surface area contributed by atoms with Gasteiger partial charge in [-0.3, -0.25) is 10.1 Å². The van der Waals surface area contributed by atoms with E-state index in [9.17, 15) is 14.8 Å². The van der Waals surface area contributed by atoms with Gasteiger partial charge in [-0.1, -0.05) is 0 Å². The fourth-order valence-electron chi connectivity index (χ4n) is 1.32. The lowest BCUT2D eigenvalue weighted by atomic mass is 10.2. The Morgan fingerprint density at radius 1 is 1.29 bits per heavy atom. The maximum absolute atomic E-state index is 11.3. The van der Waals surface area contributed by atoms with Crippen LogP contribution in [0.15, 0.2) is 16.7 Å². The molecule has 1 amide bonds. The van der Waals surface area contributed by atoms with E-state index in [-0.39, 0.29) is 11.5 Å². The van der Waals surface area contributed by atoms with E-state index in [4.69, 9.17) is 0 Å². The highest BCUT2D eigenvalue weighted by Crippen LogP contribution is 2.11. The summed E-state index contributed by atoms with van der Waals surface area (Å²) in [5.41, 5.74) is 0.268. The largest absolute Gasteiger partial charge is 0.376 e. The summed E-state index contributed by atoms with van der Waals surface area (Å²) in [6.45, 7) is 1.19. The molecule has 76 valence electrons. The maximum atomic E-state index is 11.3. The summed E-state index contributed by atoms with van der Waals surface area (Å²) in [4.78, 5) is 21.6. The second-order valence-corrected chi connectivity index (χ2v) is 2.95. The van der Waals surface area contributed by atoms with Gasteiger partial charge in [-0.25, -0.2) is 0 Å². The molecule has 0 aliphatic carbocycles. The van der Waals surface area contributed by atoms with Gasteiger partial charge in [0.15, 0.2) is 0 Å². The smallest absolute Gasteiger partial charge is 0.361 e. The highest BCUT2D eigenvalue weighted by atomic mass is 16.4. The number of amides is 1. The molecule has 0 saturated heterocycles. The van der Waals surface area contributed by atoms with Crippen molar-refractivity contribution < 1.29 is 9.90 Å². The molecule has 2 aliphatic rings. The van der Waals surface area contributed by atoms with Crippen molar-refractivity contribution >= 4 is 5.91 Å². The summed E-state index contributed by atoms with van der Waals surface area (Å²) < 4.78 is 0. The summed E-state index contributed by atoms with van der Waals surface area (Å²) in [7, 11) is 0. The van der Waals surface area contributed by atoms with Crippen molar-refractivity contribution in [1.29, 1.82) is 0 Å². The van der Waals surface area contributed by atoms with E-state index in [0.29, 0.717) is 13.1 Å². The first-order chi connectivity index (χ1) is 6.64. The first-order valence-electron chi connectivity index (χ1n) is 4.04. The number of carbonyl (C=O) groups is 1. The van der Waals surface area contributed by atoms with Gasteiger partial charge in [0.25, 0.3) is 5.91 Å². The maximum Gasteiger partial charge on any atom is 0.361 e. The van der Waals surface area contributed by atoms with Gasteiger partial charge in [-0.2, -0.15) is 0 Å². The van der Waals surface area contributed by atoms with Crippen LogP contribution < -0.4 is 21.3 Å². The van der Waals surface area contributed by atoms with Gasteiger partial charge in [0.2, 0.25) is 0 Å². The molecule has 1 unspecified atom stereocenters. The third-order valence-electron chi connectivity index (χ3n) is 1.92. The molecule has 0 aromatic rings. The number of carbonyl (C=O) groups excluding carboxylic acids is 1. The van der Waals surface area contributed by atoms with Crippen molar-refractivity contribution in [2.45, 2.75) is 5.97 Å². The summed E-state index contributed by atoms with van der Waals surface area (Å²) in [6, 6.07) is 0. The van der Waals surface area contributed by atoms with E-state index in [2.05, 4.69) is 21.1 Å². The van der Waals surface area contributed by atoms with Gasteiger partial charge in [0.05, 0.1) is 0 Å². The Labute approximate surface area is 78.7 Å². The molecule has 0 radical (unpaired) electrons. The molecule has 0 saturated carbocycles. The predicted molar refractivity (Wildman–Crippen MR) is 45.1 cm³/mol. The van der Waals surface area contributed by atoms with Crippen molar-refractivity contribution in [3.05, 3.63) is 16.4 Å². The van der Waals surface area contributed by atoms with E-state index in [1.165, 1.54) is 0 Å². The Bertz CT molecular complexity index is 327. The lowest BCUT2D eigenvalue weighted by Crippen LogP contribution is -2.65. The van der Waals surface area contributed by atoms with Gasteiger partial charge >= 0.3 is 5.97 Å². The molecular formula is C6H9N5O3. The molecule has 0 bridgehead atoms. The zero-order valence-electron chi connectivity index (χ0n) is 7.13. The highest BCUT2D eigenvalue weighted by Gasteiger charge is 2.39. The van der Waals surface area contributed by atoms with Crippen LogP contribution in [0.2, 0.25) is 0 Å². The molecule has 0 spiro atoms. The molecular weight excluding hydrogens is 190 g/mol. The van der Waals surface area contributed by atoms with Crippen molar-refractivity contribution in [1.82, 2.24) is 21.3 Å². The first kappa shape index (κ1) is 8.75. The minimum Gasteiger partial charge on any atom is -0.376 e. The van der Waals surface area contributed by atoms with Gasteiger partial charge in [-0.05, 0) is 0 Å². The Hall–Kier alpha value is -1.83. The van der Waals surface area contributed by atoms with Crippen molar-refractivity contribution in [3.8, 4) is 0 Å². The average molecular weight is 199 g/mol. The van der Waals surface area contributed by atoms with E-state index in [1.807, 2.05) is 5.32 Å². The quantitative estimate of drug-likeness (QED) is 0.297. The molecule has 2 heterocycles. The Morgan fingerprint density at radius 3 is 2.71 bits per heavy atom. The van der Waals surface area contributed by atoms with Crippen LogP contribution >= 0.6 is 0 Å². The minimum absolute atomic E-state index is 0.268. The number of rotatable bonds is 1. The molecule has 2 aliphatic heterocycles. The first-order valence-corrected chi connectivity index (χ1v) is 4.04. The van der Waals surface area contributed by atoms with E-state index >= 15 is 0 Å². The monoisotopic (exact) mass is 199 g/mol. The van der Waals surface area contributed by atoms with Gasteiger partial charge in [0, 0.05) is 18.3 Å². The molecule has 8 heteroatoms. The minimum atomic E-state index is -2.26. The number of nitrogens with zero attached hydrogens (tertiary/aromatic N) is 1. The van der Waals surface area contributed by atoms with Crippen LogP contribution in [0.5, 0.6) is 0 Å². The number of nitrogens with one attached hydrogen (secondary N) is 4. The number of hydrogen-bond acceptors (Lipinski definition) is 7. The van der Waals surface area contributed by atoms with E-state index < -0.39 is 11.9 Å². The Balaban J connectivity index is 2.32. The van der Waals surface area contributed by atoms with Crippen LogP contribution in [0.3, 0.4) is 0 Å². The van der Waals surface area contributed by atoms with Crippen LogP contribution in [0.1, 0.15) is 0 Å². The predicted octanol–water partition coefficient (Wildman–Crippen LogP) is -2.56. The lowest BCUT2D eigenvalue weighted by Gasteiger charge is -2.34. The normalized spacial score (nSPS) is 30.5. The highest BCUT2D eigenvalue weighted by molar-refractivity contribution is 5.94. The molecule has 1 atom stereocenters. The summed E-state index contributed by atoms with van der Waals surface area (Å²) in [5, 5.41) is 21.8. The van der Waals surface area contributed by atoms with Crippen LogP contribution in [-0.4, -0.2) is 30.1 Å². The van der Waals surface area contributed by atoms with E-state index in [0.717, 1.165) is 0 Å². The zero-order chi connectivity index (χ0) is 10.2. The number of nitroso groups, excluding NO2 is 1. The third kappa shape index (κ3) is 1.25. The van der Waals surface area contributed by atoms with Crippen molar-refractivity contribution in [2.75, 3.05) is 13.1 Å². The van der Waals surface area contributed by atoms with Gasteiger partial charge < -0.3 is 21.1 Å².